The van der Waals surface area contributed by atoms with Gasteiger partial charge in [-0.1, -0.05) is 11.6 Å². The van der Waals surface area contributed by atoms with Crippen molar-refractivity contribution in [3.8, 4) is 0 Å². The van der Waals surface area contributed by atoms with Gasteiger partial charge in [0.2, 0.25) is 0 Å². The molecule has 1 aliphatic rings. The van der Waals surface area contributed by atoms with Crippen LogP contribution in [-0.2, 0) is 4.74 Å². The van der Waals surface area contributed by atoms with Gasteiger partial charge in [-0.05, 0) is 13.8 Å². The molecule has 24 heavy (non-hydrogen) atoms. The van der Waals surface area contributed by atoms with Crippen molar-refractivity contribution in [1.29, 1.82) is 0 Å². The van der Waals surface area contributed by atoms with E-state index in [1.165, 1.54) is 22.8 Å². The molecular weight excluding hydrogens is 314 g/mol. The minimum atomic E-state index is -1.18. The average molecular weight is 335 g/mol. The van der Waals surface area contributed by atoms with Gasteiger partial charge in [0, 0.05) is 6.54 Å². The Hall–Kier alpha value is -2.07. The predicted octanol–water partition coefficient (Wildman–Crippen LogP) is -0.184. The van der Waals surface area contributed by atoms with Gasteiger partial charge in [0.15, 0.2) is 23.2 Å². The van der Waals surface area contributed by atoms with Gasteiger partial charge in [0.25, 0.3) is 0 Å². The Labute approximate surface area is 138 Å². The third-order valence-electron chi connectivity index (χ3n) is 3.93. The highest BCUT2D eigenvalue weighted by molar-refractivity contribution is 5.82. The number of allylic oxidation sites excluding steroid dienone is 1. The quantitative estimate of drug-likeness (QED) is 0.554. The highest BCUT2D eigenvalue weighted by Crippen LogP contribution is 2.31. The second-order valence-electron chi connectivity index (χ2n) is 5.94. The third kappa shape index (κ3) is 2.98. The Balaban J connectivity index is 1.90. The summed E-state index contributed by atoms with van der Waals surface area (Å²) < 4.78 is 7.06. The number of nitrogens with zero attached hydrogens (tertiary/aromatic N) is 4. The smallest absolute Gasteiger partial charge is 0.167 e. The van der Waals surface area contributed by atoms with Crippen molar-refractivity contribution >= 4 is 17.0 Å². The van der Waals surface area contributed by atoms with Crippen LogP contribution in [0.15, 0.2) is 24.3 Å². The molecule has 0 amide bonds. The van der Waals surface area contributed by atoms with Gasteiger partial charge in [0.1, 0.15) is 24.6 Å². The molecule has 0 aliphatic carbocycles. The molecule has 3 rings (SSSR count). The first-order valence-corrected chi connectivity index (χ1v) is 7.70. The molecule has 130 valence electrons. The minimum Gasteiger partial charge on any atom is -0.394 e. The SMILES string of the molecule is CC(C)=CCNc1ncnc2c1ncn2[C@H]1O[C@@H](CO)[C@@H](O)[C@H]1O. The molecule has 9 heteroatoms. The van der Waals surface area contributed by atoms with Crippen LogP contribution in [0.1, 0.15) is 20.1 Å². The van der Waals surface area contributed by atoms with E-state index in [-0.39, 0.29) is 6.61 Å². The summed E-state index contributed by atoms with van der Waals surface area (Å²) in [5.74, 6) is 0.572. The average Bonchev–Trinajstić information content (AvgIpc) is 3.10. The highest BCUT2D eigenvalue weighted by Gasteiger charge is 2.43. The van der Waals surface area contributed by atoms with Crippen molar-refractivity contribution in [2.75, 3.05) is 18.5 Å². The minimum absolute atomic E-state index is 0.383. The first-order valence-electron chi connectivity index (χ1n) is 7.70. The van der Waals surface area contributed by atoms with Crippen LogP contribution in [0.4, 0.5) is 5.82 Å². The number of hydrogen-bond acceptors (Lipinski definition) is 8. The largest absolute Gasteiger partial charge is 0.394 e. The lowest BCUT2D eigenvalue weighted by Gasteiger charge is -2.16. The van der Waals surface area contributed by atoms with E-state index in [2.05, 4.69) is 20.3 Å². The number of aliphatic hydroxyl groups excluding tert-OH is 3. The van der Waals surface area contributed by atoms with Gasteiger partial charge in [0.05, 0.1) is 12.9 Å². The molecule has 4 atom stereocenters. The van der Waals surface area contributed by atoms with Gasteiger partial charge >= 0.3 is 0 Å². The summed E-state index contributed by atoms with van der Waals surface area (Å²) in [4.78, 5) is 12.7. The Morgan fingerprint density at radius 1 is 1.29 bits per heavy atom. The normalized spacial score (nSPS) is 26.7. The summed E-state index contributed by atoms with van der Waals surface area (Å²) in [6.07, 6.45) is 0.823. The number of aliphatic hydroxyl groups is 3. The predicted molar refractivity (Wildman–Crippen MR) is 86.3 cm³/mol. The van der Waals surface area contributed by atoms with Gasteiger partial charge in [-0.2, -0.15) is 0 Å². The van der Waals surface area contributed by atoms with E-state index in [0.29, 0.717) is 23.5 Å². The van der Waals surface area contributed by atoms with Crippen LogP contribution < -0.4 is 5.32 Å². The van der Waals surface area contributed by atoms with Crippen molar-refractivity contribution in [2.24, 2.45) is 0 Å². The molecule has 0 saturated carbocycles. The lowest BCUT2D eigenvalue weighted by atomic mass is 10.1. The number of aromatic nitrogens is 4. The van der Waals surface area contributed by atoms with Crippen LogP contribution in [-0.4, -0.2) is 66.3 Å². The molecule has 9 nitrogen and oxygen atoms in total. The molecule has 0 radical (unpaired) electrons. The number of ether oxygens (including phenoxy) is 1. The van der Waals surface area contributed by atoms with E-state index in [1.807, 2.05) is 19.9 Å². The summed E-state index contributed by atoms with van der Waals surface area (Å²) in [7, 11) is 0. The molecule has 0 unspecified atom stereocenters. The zero-order valence-electron chi connectivity index (χ0n) is 13.5. The maximum atomic E-state index is 10.2. The fourth-order valence-corrected chi connectivity index (χ4v) is 2.63. The van der Waals surface area contributed by atoms with Crippen LogP contribution >= 0.6 is 0 Å². The Kier molecular flexibility index (Phi) is 4.76. The molecule has 4 N–H and O–H groups in total. The molecule has 0 spiro atoms. The van der Waals surface area contributed by atoms with E-state index < -0.39 is 24.5 Å². The zero-order valence-corrected chi connectivity index (χ0v) is 13.5. The standard InChI is InChI=1S/C15H21N5O4/c1-8(2)3-4-16-13-10-14(18-6-17-13)20(7-19-10)15-12(23)11(22)9(5-21)24-15/h3,6-7,9,11-12,15,21-23H,4-5H2,1-2H3,(H,16,17,18)/t9-,11+,12+,15-/m0/s1. The van der Waals surface area contributed by atoms with E-state index in [9.17, 15) is 15.3 Å². The lowest BCUT2D eigenvalue weighted by molar-refractivity contribution is -0.0511. The molecule has 0 aromatic carbocycles. The number of nitrogens with one attached hydrogen (secondary N) is 1. The van der Waals surface area contributed by atoms with E-state index in [1.54, 1.807) is 0 Å². The molecule has 1 fully saturated rings. The Morgan fingerprint density at radius 2 is 2.08 bits per heavy atom. The number of rotatable bonds is 5. The Bertz CT molecular complexity index is 743. The maximum absolute atomic E-state index is 10.2. The van der Waals surface area contributed by atoms with Crippen molar-refractivity contribution < 1.29 is 20.1 Å². The van der Waals surface area contributed by atoms with Gasteiger partial charge < -0.3 is 25.4 Å². The third-order valence-corrected chi connectivity index (χ3v) is 3.93. The molecule has 3 heterocycles. The maximum Gasteiger partial charge on any atom is 0.167 e. The van der Waals surface area contributed by atoms with Crippen molar-refractivity contribution in [3.05, 3.63) is 24.3 Å². The molecule has 2 aromatic rings. The van der Waals surface area contributed by atoms with Gasteiger partial charge in [-0.25, -0.2) is 15.0 Å². The first-order chi connectivity index (χ1) is 11.5. The monoisotopic (exact) mass is 335 g/mol. The lowest BCUT2D eigenvalue weighted by Crippen LogP contribution is -2.33. The van der Waals surface area contributed by atoms with Crippen LogP contribution in [0, 0.1) is 0 Å². The molecule has 0 bridgehead atoms. The summed E-state index contributed by atoms with van der Waals surface area (Å²) in [6, 6.07) is 0. The zero-order chi connectivity index (χ0) is 17.3. The van der Waals surface area contributed by atoms with E-state index in [0.717, 1.165) is 0 Å². The number of hydrogen-bond donors (Lipinski definition) is 4. The molecule has 2 aromatic heterocycles. The fourth-order valence-electron chi connectivity index (χ4n) is 2.63. The summed E-state index contributed by atoms with van der Waals surface area (Å²) in [6.45, 7) is 4.24. The van der Waals surface area contributed by atoms with Crippen LogP contribution in [0.5, 0.6) is 0 Å². The van der Waals surface area contributed by atoms with Crippen molar-refractivity contribution in [3.63, 3.8) is 0 Å². The molecule has 1 aliphatic heterocycles. The van der Waals surface area contributed by atoms with Gasteiger partial charge in [-0.15, -0.1) is 0 Å². The second-order valence-corrected chi connectivity index (χ2v) is 5.94. The highest BCUT2D eigenvalue weighted by atomic mass is 16.6. The van der Waals surface area contributed by atoms with E-state index >= 15 is 0 Å². The van der Waals surface area contributed by atoms with Crippen LogP contribution in [0.3, 0.4) is 0 Å². The first kappa shape index (κ1) is 16.8. The topological polar surface area (TPSA) is 126 Å². The Morgan fingerprint density at radius 3 is 2.75 bits per heavy atom. The number of fused-ring (bicyclic) bond motifs is 1. The summed E-state index contributed by atoms with van der Waals surface area (Å²) in [5, 5.41) is 32.4. The summed E-state index contributed by atoms with van der Waals surface area (Å²) >= 11 is 0. The van der Waals surface area contributed by atoms with E-state index in [4.69, 9.17) is 4.74 Å². The fraction of sp³-hybridized carbons (Fsp3) is 0.533. The van der Waals surface area contributed by atoms with Crippen LogP contribution in [0.2, 0.25) is 0 Å². The van der Waals surface area contributed by atoms with Gasteiger partial charge in [-0.3, -0.25) is 4.57 Å². The summed E-state index contributed by atoms with van der Waals surface area (Å²) in [5.41, 5.74) is 2.20. The second kappa shape index (κ2) is 6.81. The number of anilines is 1. The van der Waals surface area contributed by atoms with Crippen LogP contribution in [0.25, 0.3) is 11.2 Å². The molecular formula is C15H21N5O4. The van der Waals surface area contributed by atoms with Crippen molar-refractivity contribution in [2.45, 2.75) is 38.4 Å². The number of imidazole rings is 1. The molecule has 1 saturated heterocycles. The van der Waals surface area contributed by atoms with Crippen molar-refractivity contribution in [1.82, 2.24) is 19.5 Å².